The predicted molar refractivity (Wildman–Crippen MR) is 124 cm³/mol. The van der Waals surface area contributed by atoms with E-state index in [0.717, 1.165) is 5.56 Å². The topological polar surface area (TPSA) is 99.2 Å². The molecule has 204 valence electrons. The minimum absolute atomic E-state index is 0.0754. The molecule has 1 aliphatic rings. The van der Waals surface area contributed by atoms with Gasteiger partial charge in [0.15, 0.2) is 23.3 Å². The maximum Gasteiger partial charge on any atom is 0.410 e. The van der Waals surface area contributed by atoms with Gasteiger partial charge in [-0.05, 0) is 18.1 Å². The first-order chi connectivity index (χ1) is 18.1. The molecule has 0 spiro atoms. The van der Waals surface area contributed by atoms with Gasteiger partial charge in [0.25, 0.3) is 0 Å². The molecule has 0 aliphatic carbocycles. The van der Waals surface area contributed by atoms with E-state index in [1.54, 1.807) is 12.1 Å². The third kappa shape index (κ3) is 6.85. The van der Waals surface area contributed by atoms with Crippen LogP contribution in [0, 0.1) is 29.1 Å². The Morgan fingerprint density at radius 1 is 0.895 bits per heavy atom. The van der Waals surface area contributed by atoms with Crippen LogP contribution in [0.15, 0.2) is 36.4 Å². The van der Waals surface area contributed by atoms with Crippen molar-refractivity contribution in [2.45, 2.75) is 19.1 Å². The second-order valence-corrected chi connectivity index (χ2v) is 8.27. The molecular formula is C25H24F5N3O5. The van der Waals surface area contributed by atoms with E-state index < -0.39 is 65.2 Å². The molecule has 1 atom stereocenters. The molecule has 0 aromatic heterocycles. The number of amides is 3. The molecule has 2 N–H and O–H groups in total. The lowest BCUT2D eigenvalue weighted by Crippen LogP contribution is -2.51. The number of rotatable bonds is 7. The van der Waals surface area contributed by atoms with Crippen molar-refractivity contribution in [2.24, 2.45) is 0 Å². The van der Waals surface area contributed by atoms with Gasteiger partial charge >= 0.3 is 6.09 Å². The van der Waals surface area contributed by atoms with Gasteiger partial charge in [-0.1, -0.05) is 30.3 Å². The van der Waals surface area contributed by atoms with E-state index in [9.17, 15) is 41.4 Å². The summed E-state index contributed by atoms with van der Waals surface area (Å²) in [5.41, 5.74) is -0.529. The third-order valence-electron chi connectivity index (χ3n) is 5.71. The van der Waals surface area contributed by atoms with E-state index in [0.29, 0.717) is 25.1 Å². The number of aliphatic hydroxyl groups is 1. The molecule has 1 aliphatic heterocycles. The summed E-state index contributed by atoms with van der Waals surface area (Å²) in [6, 6.07) is 7.60. The van der Waals surface area contributed by atoms with Gasteiger partial charge in [-0.15, -0.1) is 0 Å². The number of carbonyl (C=O) groups excluding carboxylic acids is 3. The Morgan fingerprint density at radius 3 is 2.11 bits per heavy atom. The number of halogens is 5. The summed E-state index contributed by atoms with van der Waals surface area (Å²) in [6.07, 6.45) is 0.669. The molecular weight excluding hydrogens is 517 g/mol. The van der Waals surface area contributed by atoms with Crippen molar-refractivity contribution in [3.05, 3.63) is 76.6 Å². The zero-order chi connectivity index (χ0) is 27.8. The van der Waals surface area contributed by atoms with Crippen LogP contribution in [-0.2, 0) is 20.9 Å². The number of aliphatic hydroxyl groups excluding tert-OH is 1. The first kappa shape index (κ1) is 28.6. The Bertz CT molecular complexity index is 1180. The number of nitrogens with one attached hydrogen (secondary N) is 1. The number of benzene rings is 2. The lowest BCUT2D eigenvalue weighted by atomic mass is 10.1. The van der Waals surface area contributed by atoms with E-state index in [-0.39, 0.29) is 26.2 Å². The third-order valence-corrected chi connectivity index (χ3v) is 5.71. The number of hydrogen-bond acceptors (Lipinski definition) is 5. The van der Waals surface area contributed by atoms with E-state index in [1.165, 1.54) is 9.80 Å². The van der Waals surface area contributed by atoms with Gasteiger partial charge in [0, 0.05) is 32.3 Å². The molecule has 1 fully saturated rings. The Kier molecular flexibility index (Phi) is 9.77. The van der Waals surface area contributed by atoms with Crippen molar-refractivity contribution < 1.29 is 46.2 Å². The number of hydrogen-bond donors (Lipinski definition) is 2. The summed E-state index contributed by atoms with van der Waals surface area (Å²) in [6.45, 7) is -0.0415. The Morgan fingerprint density at radius 2 is 1.47 bits per heavy atom. The van der Waals surface area contributed by atoms with Gasteiger partial charge in [0.2, 0.25) is 17.6 Å². The lowest BCUT2D eigenvalue weighted by Gasteiger charge is -2.25. The summed E-state index contributed by atoms with van der Waals surface area (Å²) in [4.78, 5) is 40.2. The van der Waals surface area contributed by atoms with Gasteiger partial charge in [-0.2, -0.15) is 0 Å². The van der Waals surface area contributed by atoms with Crippen molar-refractivity contribution in [1.29, 1.82) is 0 Å². The van der Waals surface area contributed by atoms with Crippen molar-refractivity contribution >= 4 is 24.0 Å². The van der Waals surface area contributed by atoms with Crippen LogP contribution >= 0.6 is 0 Å². The van der Waals surface area contributed by atoms with E-state index in [2.05, 4.69) is 5.32 Å². The molecule has 1 unspecified atom stereocenters. The minimum Gasteiger partial charge on any atom is -0.445 e. The highest BCUT2D eigenvalue weighted by Crippen LogP contribution is 2.24. The highest BCUT2D eigenvalue weighted by atomic mass is 19.2. The van der Waals surface area contributed by atoms with Gasteiger partial charge in [0.1, 0.15) is 12.6 Å². The fraction of sp³-hybridized carbons (Fsp3) is 0.320. The number of nitrogens with zero attached hydrogens (tertiary/aromatic N) is 2. The molecule has 0 radical (unpaired) electrons. The molecule has 2 aromatic carbocycles. The zero-order valence-electron chi connectivity index (χ0n) is 19.9. The molecule has 13 heteroatoms. The molecule has 8 nitrogen and oxygen atoms in total. The fourth-order valence-corrected chi connectivity index (χ4v) is 3.68. The first-order valence-electron chi connectivity index (χ1n) is 11.5. The van der Waals surface area contributed by atoms with Gasteiger partial charge < -0.3 is 25.0 Å². The molecule has 3 rings (SSSR count). The predicted octanol–water partition coefficient (Wildman–Crippen LogP) is 2.74. The Labute approximate surface area is 214 Å². The van der Waals surface area contributed by atoms with E-state index in [4.69, 9.17) is 4.74 Å². The maximum atomic E-state index is 13.8. The fourth-order valence-electron chi connectivity index (χ4n) is 3.68. The standard InChI is InChI=1S/C25H24F5N3O5/c26-19-16(20(27)22(29)23(30)21(19)28)7-8-18(35)31-17(13-34)24(36)32-9-4-10-33(12-11-32)25(37)38-14-15-5-2-1-3-6-15/h1-3,5-8,17,34H,4,9-14H2,(H,31,35). The number of ether oxygens (including phenoxy) is 1. The van der Waals surface area contributed by atoms with Crippen LogP contribution in [-0.4, -0.2) is 71.6 Å². The van der Waals surface area contributed by atoms with Crippen LogP contribution in [0.5, 0.6) is 0 Å². The molecule has 1 saturated heterocycles. The Balaban J connectivity index is 1.57. The molecule has 38 heavy (non-hydrogen) atoms. The lowest BCUT2D eigenvalue weighted by molar-refractivity contribution is -0.136. The second-order valence-electron chi connectivity index (χ2n) is 8.27. The van der Waals surface area contributed by atoms with Crippen molar-refractivity contribution in [3.8, 4) is 0 Å². The Hall–Kier alpha value is -4.00. The summed E-state index contributed by atoms with van der Waals surface area (Å²) in [5.74, 6) is -12.8. The van der Waals surface area contributed by atoms with Crippen LogP contribution in [0.25, 0.3) is 6.08 Å². The normalized spacial score (nSPS) is 14.8. The van der Waals surface area contributed by atoms with Gasteiger partial charge in [0.05, 0.1) is 12.2 Å². The van der Waals surface area contributed by atoms with Crippen LogP contribution in [0.2, 0.25) is 0 Å². The van der Waals surface area contributed by atoms with Crippen LogP contribution < -0.4 is 5.32 Å². The average molecular weight is 541 g/mol. The van der Waals surface area contributed by atoms with Crippen LogP contribution in [0.3, 0.4) is 0 Å². The molecule has 2 aromatic rings. The summed E-state index contributed by atoms with van der Waals surface area (Å²) < 4.78 is 72.6. The summed E-state index contributed by atoms with van der Waals surface area (Å²) >= 11 is 0. The smallest absolute Gasteiger partial charge is 0.410 e. The van der Waals surface area contributed by atoms with Crippen molar-refractivity contribution in [3.63, 3.8) is 0 Å². The average Bonchev–Trinajstić information content (AvgIpc) is 3.19. The summed E-state index contributed by atoms with van der Waals surface area (Å²) in [5, 5.41) is 11.7. The highest BCUT2D eigenvalue weighted by Gasteiger charge is 2.29. The highest BCUT2D eigenvalue weighted by molar-refractivity contribution is 5.95. The van der Waals surface area contributed by atoms with Crippen LogP contribution in [0.1, 0.15) is 17.5 Å². The minimum atomic E-state index is -2.34. The number of carbonyl (C=O) groups is 3. The largest absolute Gasteiger partial charge is 0.445 e. The van der Waals surface area contributed by atoms with Crippen LogP contribution in [0.4, 0.5) is 26.7 Å². The molecule has 3 amide bonds. The first-order valence-corrected chi connectivity index (χ1v) is 11.5. The second kappa shape index (κ2) is 13.0. The van der Waals surface area contributed by atoms with Crippen molar-refractivity contribution in [2.75, 3.05) is 32.8 Å². The maximum absolute atomic E-state index is 13.8. The zero-order valence-corrected chi connectivity index (χ0v) is 19.9. The van der Waals surface area contributed by atoms with E-state index >= 15 is 0 Å². The summed E-state index contributed by atoms with van der Waals surface area (Å²) in [7, 11) is 0. The van der Waals surface area contributed by atoms with Crippen molar-refractivity contribution in [1.82, 2.24) is 15.1 Å². The van der Waals surface area contributed by atoms with Gasteiger partial charge in [-0.25, -0.2) is 26.7 Å². The monoisotopic (exact) mass is 541 g/mol. The van der Waals surface area contributed by atoms with E-state index in [1.807, 2.05) is 18.2 Å². The quantitative estimate of drug-likeness (QED) is 0.243. The van der Waals surface area contributed by atoms with Gasteiger partial charge in [-0.3, -0.25) is 9.59 Å². The SMILES string of the molecule is O=C(C=Cc1c(F)c(F)c(F)c(F)c1F)NC(CO)C(=O)N1CCCN(C(=O)OCc2ccccc2)CC1. The molecule has 0 bridgehead atoms. The molecule has 0 saturated carbocycles. The molecule has 1 heterocycles.